The van der Waals surface area contributed by atoms with Crippen molar-refractivity contribution >= 4 is 27.7 Å². The molecule has 0 aliphatic rings. The van der Waals surface area contributed by atoms with Gasteiger partial charge in [0.1, 0.15) is 24.2 Å². The minimum absolute atomic E-state index is 0.0122. The number of ether oxygens (including phenoxy) is 1. The number of carbonyl (C=O) groups is 2. The molecule has 0 aliphatic heterocycles. The number of rotatable bonds is 13. The second-order valence-electron chi connectivity index (χ2n) is 10.0. The molecular formula is C30H37FN4O5S. The second-order valence-corrected chi connectivity index (χ2v) is 12.1. The van der Waals surface area contributed by atoms with E-state index in [0.717, 1.165) is 26.3 Å². The normalized spacial score (nSPS) is 12.2. The van der Waals surface area contributed by atoms with Crippen LogP contribution in [0.5, 0.6) is 5.75 Å². The van der Waals surface area contributed by atoms with E-state index in [4.69, 9.17) is 4.74 Å². The third-order valence-electron chi connectivity index (χ3n) is 6.32. The van der Waals surface area contributed by atoms with Crippen molar-refractivity contribution in [3.05, 3.63) is 95.8 Å². The number of anilines is 1. The molecule has 0 bridgehead atoms. The molecule has 3 aromatic rings. The fourth-order valence-electron chi connectivity index (χ4n) is 4.23. The lowest BCUT2D eigenvalue weighted by Crippen LogP contribution is -2.55. The van der Waals surface area contributed by atoms with Crippen LogP contribution in [0.4, 0.5) is 10.1 Å². The van der Waals surface area contributed by atoms with Crippen molar-refractivity contribution in [3.8, 4) is 5.75 Å². The van der Waals surface area contributed by atoms with Gasteiger partial charge < -0.3 is 15.0 Å². The lowest BCUT2D eigenvalue weighted by Gasteiger charge is -2.34. The topological polar surface area (TPSA) is 99.3 Å². The van der Waals surface area contributed by atoms with Gasteiger partial charge in [-0.2, -0.15) is 12.7 Å². The first kappa shape index (κ1) is 31.6. The van der Waals surface area contributed by atoms with Crippen molar-refractivity contribution in [2.24, 2.45) is 0 Å². The molecule has 0 saturated carbocycles. The Balaban J connectivity index is 2.10. The zero-order valence-electron chi connectivity index (χ0n) is 24.0. The first-order chi connectivity index (χ1) is 19.4. The molecule has 41 heavy (non-hydrogen) atoms. The lowest BCUT2D eigenvalue weighted by atomic mass is 10.0. The Morgan fingerprint density at radius 1 is 0.927 bits per heavy atom. The summed E-state index contributed by atoms with van der Waals surface area (Å²) in [6.07, 6.45) is 0.200. The number of amides is 2. The number of hydrogen-bond acceptors (Lipinski definition) is 5. The molecule has 0 unspecified atom stereocenters. The molecule has 0 saturated heterocycles. The number of hydrogen-bond donors (Lipinski definition) is 1. The molecule has 1 N–H and O–H groups in total. The van der Waals surface area contributed by atoms with E-state index in [1.54, 1.807) is 24.3 Å². The fourth-order valence-corrected chi connectivity index (χ4v) is 5.28. The predicted molar refractivity (Wildman–Crippen MR) is 157 cm³/mol. The van der Waals surface area contributed by atoms with Gasteiger partial charge in [0.25, 0.3) is 0 Å². The molecule has 0 heterocycles. The van der Waals surface area contributed by atoms with Crippen LogP contribution < -0.4 is 14.4 Å². The predicted octanol–water partition coefficient (Wildman–Crippen LogP) is 3.61. The van der Waals surface area contributed by atoms with E-state index in [1.807, 2.05) is 44.2 Å². The van der Waals surface area contributed by atoms with Gasteiger partial charge in [0.2, 0.25) is 11.8 Å². The summed E-state index contributed by atoms with van der Waals surface area (Å²) in [5.74, 6) is -0.953. The maximum Gasteiger partial charge on any atom is 0.304 e. The SMILES string of the molecule is COc1cccc(CN(C(=O)CN(c2ccc(F)cc2)S(=O)(=O)N(C)C)[C@@H](Cc2ccccc2)C(=O)NC(C)C)c1. The highest BCUT2D eigenvalue weighted by Crippen LogP contribution is 2.23. The zero-order valence-corrected chi connectivity index (χ0v) is 24.8. The molecule has 0 fully saturated rings. The lowest BCUT2D eigenvalue weighted by molar-refractivity contribution is -0.140. The van der Waals surface area contributed by atoms with Crippen LogP contribution in [-0.4, -0.2) is 69.3 Å². The van der Waals surface area contributed by atoms with Gasteiger partial charge in [0.05, 0.1) is 12.8 Å². The highest BCUT2D eigenvalue weighted by atomic mass is 32.2. The molecule has 9 nitrogen and oxygen atoms in total. The molecule has 3 aromatic carbocycles. The summed E-state index contributed by atoms with van der Waals surface area (Å²) in [4.78, 5) is 29.2. The third kappa shape index (κ3) is 8.51. The average molecular weight is 585 g/mol. The molecule has 0 aliphatic carbocycles. The summed E-state index contributed by atoms with van der Waals surface area (Å²) in [5.41, 5.74) is 1.63. The monoisotopic (exact) mass is 584 g/mol. The van der Waals surface area contributed by atoms with E-state index >= 15 is 0 Å². The number of halogens is 1. The number of benzene rings is 3. The Morgan fingerprint density at radius 2 is 1.56 bits per heavy atom. The Morgan fingerprint density at radius 3 is 2.15 bits per heavy atom. The molecular weight excluding hydrogens is 547 g/mol. The van der Waals surface area contributed by atoms with Gasteiger partial charge in [0, 0.05) is 33.1 Å². The van der Waals surface area contributed by atoms with Crippen molar-refractivity contribution in [3.63, 3.8) is 0 Å². The van der Waals surface area contributed by atoms with Crippen LogP contribution in [0.1, 0.15) is 25.0 Å². The van der Waals surface area contributed by atoms with Crippen LogP contribution >= 0.6 is 0 Å². The van der Waals surface area contributed by atoms with E-state index in [1.165, 1.54) is 38.2 Å². The van der Waals surface area contributed by atoms with Gasteiger partial charge in [0.15, 0.2) is 0 Å². The van der Waals surface area contributed by atoms with Gasteiger partial charge in [-0.15, -0.1) is 0 Å². The average Bonchev–Trinajstić information content (AvgIpc) is 2.94. The van der Waals surface area contributed by atoms with Crippen molar-refractivity contribution in [1.29, 1.82) is 0 Å². The van der Waals surface area contributed by atoms with Crippen LogP contribution in [0.2, 0.25) is 0 Å². The van der Waals surface area contributed by atoms with Gasteiger partial charge in [-0.1, -0.05) is 42.5 Å². The standard InChI is InChI=1S/C30H37FN4O5S/c1-22(2)32-30(37)28(19-23-10-7-6-8-11-23)34(20-24-12-9-13-27(18-24)40-5)29(36)21-35(41(38,39)33(3)4)26-16-14-25(31)15-17-26/h6-18,22,28H,19-21H2,1-5H3,(H,32,37)/t28-/m0/s1. The molecule has 0 radical (unpaired) electrons. The van der Waals surface area contributed by atoms with Gasteiger partial charge in [-0.05, 0) is 61.4 Å². The minimum atomic E-state index is -4.16. The number of nitrogens with one attached hydrogen (secondary N) is 1. The van der Waals surface area contributed by atoms with E-state index in [2.05, 4.69) is 5.32 Å². The summed E-state index contributed by atoms with van der Waals surface area (Å²) in [7, 11) is 0.0578. The maximum absolute atomic E-state index is 14.2. The Labute approximate surface area is 241 Å². The first-order valence-electron chi connectivity index (χ1n) is 13.1. The molecule has 0 spiro atoms. The van der Waals surface area contributed by atoms with E-state index in [0.29, 0.717) is 11.3 Å². The summed E-state index contributed by atoms with van der Waals surface area (Å²) in [5, 5.41) is 2.91. The quantitative estimate of drug-likeness (QED) is 0.331. The summed E-state index contributed by atoms with van der Waals surface area (Å²) in [6.45, 7) is 3.05. The molecule has 11 heteroatoms. The first-order valence-corrected chi connectivity index (χ1v) is 14.5. The smallest absolute Gasteiger partial charge is 0.304 e. The van der Waals surface area contributed by atoms with Gasteiger partial charge in [-0.3, -0.25) is 9.59 Å². The third-order valence-corrected chi connectivity index (χ3v) is 8.14. The molecule has 0 aromatic heterocycles. The number of nitrogens with zero attached hydrogens (tertiary/aromatic N) is 3. The van der Waals surface area contributed by atoms with Gasteiger partial charge in [-0.25, -0.2) is 8.70 Å². The Hall–Kier alpha value is -3.96. The molecule has 1 atom stereocenters. The van der Waals surface area contributed by atoms with Crippen LogP contribution in [0.15, 0.2) is 78.9 Å². The van der Waals surface area contributed by atoms with E-state index in [9.17, 15) is 22.4 Å². The van der Waals surface area contributed by atoms with Crippen LogP contribution in [0, 0.1) is 5.82 Å². The second kappa shape index (κ2) is 14.1. The van der Waals surface area contributed by atoms with E-state index < -0.39 is 34.5 Å². The van der Waals surface area contributed by atoms with Gasteiger partial charge >= 0.3 is 10.2 Å². The largest absolute Gasteiger partial charge is 0.497 e. The van der Waals surface area contributed by atoms with Crippen molar-refractivity contribution < 1.29 is 27.1 Å². The summed E-state index contributed by atoms with van der Waals surface area (Å²) >= 11 is 0. The molecule has 3 rings (SSSR count). The molecule has 2 amide bonds. The Bertz CT molecular complexity index is 1420. The van der Waals surface area contributed by atoms with Crippen LogP contribution in [0.25, 0.3) is 0 Å². The molecule has 220 valence electrons. The number of methoxy groups -OCH3 is 1. The Kier molecular flexibility index (Phi) is 10.8. The van der Waals surface area contributed by atoms with Crippen molar-refractivity contribution in [1.82, 2.24) is 14.5 Å². The summed E-state index contributed by atoms with van der Waals surface area (Å²) in [6, 6.07) is 20.1. The maximum atomic E-state index is 14.2. The highest BCUT2D eigenvalue weighted by molar-refractivity contribution is 7.90. The highest BCUT2D eigenvalue weighted by Gasteiger charge is 2.35. The van der Waals surface area contributed by atoms with Crippen molar-refractivity contribution in [2.75, 3.05) is 32.1 Å². The fraction of sp³-hybridized carbons (Fsp3) is 0.333. The van der Waals surface area contributed by atoms with E-state index in [-0.39, 0.29) is 30.6 Å². The van der Waals surface area contributed by atoms with Crippen LogP contribution in [-0.2, 0) is 32.8 Å². The van der Waals surface area contributed by atoms with Crippen LogP contribution in [0.3, 0.4) is 0 Å². The summed E-state index contributed by atoms with van der Waals surface area (Å²) < 4.78 is 47.6. The number of carbonyl (C=O) groups excluding carboxylic acids is 2. The zero-order chi connectivity index (χ0) is 30.2. The minimum Gasteiger partial charge on any atom is -0.497 e. The van der Waals surface area contributed by atoms with Crippen molar-refractivity contribution in [2.45, 2.75) is 38.9 Å².